The summed E-state index contributed by atoms with van der Waals surface area (Å²) < 4.78 is 5.26. The fourth-order valence-corrected chi connectivity index (χ4v) is 3.01. The molecule has 2 heterocycles. The lowest BCUT2D eigenvalue weighted by molar-refractivity contribution is 0.199. The second kappa shape index (κ2) is 8.05. The molecule has 1 aromatic carbocycles. The molecule has 136 valence electrons. The largest absolute Gasteiger partial charge is 0.337 e. The van der Waals surface area contributed by atoms with Crippen molar-refractivity contribution in [3.63, 3.8) is 0 Å². The van der Waals surface area contributed by atoms with E-state index in [0.717, 1.165) is 27.6 Å². The smallest absolute Gasteiger partial charge is 0.317 e. The summed E-state index contributed by atoms with van der Waals surface area (Å²) in [6.07, 6.45) is 0.839. The first kappa shape index (κ1) is 18.0. The number of aryl methyl sites for hydroxylation is 2. The van der Waals surface area contributed by atoms with Crippen LogP contribution in [0.2, 0.25) is 0 Å². The summed E-state index contributed by atoms with van der Waals surface area (Å²) in [4.78, 5) is 18.0. The highest BCUT2D eigenvalue weighted by Crippen LogP contribution is 2.17. The maximum Gasteiger partial charge on any atom is 0.317 e. The molecule has 0 saturated heterocycles. The minimum absolute atomic E-state index is 0.223. The number of urea groups is 1. The van der Waals surface area contributed by atoms with Crippen LogP contribution in [0, 0.1) is 6.92 Å². The third-order valence-electron chi connectivity index (χ3n) is 3.67. The van der Waals surface area contributed by atoms with Gasteiger partial charge < -0.3 is 14.7 Å². The zero-order valence-electron chi connectivity index (χ0n) is 14.9. The first-order valence-corrected chi connectivity index (χ1v) is 9.06. The second-order valence-electron chi connectivity index (χ2n) is 5.84. The van der Waals surface area contributed by atoms with Gasteiger partial charge in [0, 0.05) is 12.6 Å². The van der Waals surface area contributed by atoms with E-state index in [0.29, 0.717) is 18.3 Å². The summed E-state index contributed by atoms with van der Waals surface area (Å²) in [5.41, 5.74) is 2.00. The second-order valence-corrected chi connectivity index (χ2v) is 6.99. The minimum Gasteiger partial charge on any atom is -0.337 e. The van der Waals surface area contributed by atoms with Gasteiger partial charge in [-0.25, -0.2) is 4.79 Å². The number of aromatic nitrogens is 4. The zero-order chi connectivity index (χ0) is 18.5. The van der Waals surface area contributed by atoms with Crippen LogP contribution in [0.5, 0.6) is 0 Å². The van der Waals surface area contributed by atoms with Gasteiger partial charge >= 0.3 is 6.03 Å². The third-order valence-corrected chi connectivity index (χ3v) is 4.73. The van der Waals surface area contributed by atoms with E-state index < -0.39 is 0 Å². The fourth-order valence-electron chi connectivity index (χ4n) is 2.28. The monoisotopic (exact) mass is 372 g/mol. The number of nitrogens with zero attached hydrogens (tertiary/aromatic N) is 5. The van der Waals surface area contributed by atoms with Crippen LogP contribution in [-0.2, 0) is 19.5 Å². The standard InChI is InChI=1S/C17H20N6O2S/c1-4-14-20-21-15(26-14)9-18-17(24)23(3)10-13-19-16(22-25-13)12-7-5-6-11(2)8-12/h5-8H,4,9-10H2,1-3H3,(H,18,24). The Bertz CT molecular complexity index is 891. The average Bonchev–Trinajstić information content (AvgIpc) is 3.28. The van der Waals surface area contributed by atoms with Gasteiger partial charge in [-0.3, -0.25) is 0 Å². The molecule has 0 atom stereocenters. The molecule has 0 aliphatic rings. The lowest BCUT2D eigenvalue weighted by atomic mass is 10.1. The van der Waals surface area contributed by atoms with Crippen LogP contribution in [0.4, 0.5) is 4.79 Å². The van der Waals surface area contributed by atoms with Crippen molar-refractivity contribution in [2.75, 3.05) is 7.05 Å². The Morgan fingerprint density at radius 2 is 2.12 bits per heavy atom. The highest BCUT2D eigenvalue weighted by molar-refractivity contribution is 7.11. The maximum atomic E-state index is 12.2. The van der Waals surface area contributed by atoms with Crippen molar-refractivity contribution in [2.45, 2.75) is 33.4 Å². The number of amides is 2. The molecule has 0 saturated carbocycles. The number of hydrogen-bond acceptors (Lipinski definition) is 7. The van der Waals surface area contributed by atoms with Gasteiger partial charge in [0.15, 0.2) is 0 Å². The third kappa shape index (κ3) is 4.42. The van der Waals surface area contributed by atoms with Gasteiger partial charge in [0.05, 0.1) is 6.54 Å². The summed E-state index contributed by atoms with van der Waals surface area (Å²) in [5.74, 6) is 0.891. The molecular formula is C17H20N6O2S. The summed E-state index contributed by atoms with van der Waals surface area (Å²) in [6, 6.07) is 7.61. The van der Waals surface area contributed by atoms with Crippen molar-refractivity contribution in [2.24, 2.45) is 0 Å². The van der Waals surface area contributed by atoms with Crippen molar-refractivity contribution in [3.05, 3.63) is 45.7 Å². The molecule has 9 heteroatoms. The molecule has 2 aromatic heterocycles. The fraction of sp³-hybridized carbons (Fsp3) is 0.353. The van der Waals surface area contributed by atoms with Gasteiger partial charge in [-0.1, -0.05) is 47.2 Å². The van der Waals surface area contributed by atoms with Crippen LogP contribution in [0.15, 0.2) is 28.8 Å². The van der Waals surface area contributed by atoms with E-state index in [1.54, 1.807) is 7.05 Å². The first-order valence-electron chi connectivity index (χ1n) is 8.25. The Balaban J connectivity index is 1.55. The molecule has 2 amide bonds. The maximum absolute atomic E-state index is 12.2. The lowest BCUT2D eigenvalue weighted by Crippen LogP contribution is -2.36. The Hall–Kier alpha value is -2.81. The number of carbonyl (C=O) groups is 1. The molecule has 1 N–H and O–H groups in total. The van der Waals surface area contributed by atoms with E-state index in [-0.39, 0.29) is 12.6 Å². The Morgan fingerprint density at radius 1 is 1.31 bits per heavy atom. The molecule has 0 unspecified atom stereocenters. The minimum atomic E-state index is -0.242. The van der Waals surface area contributed by atoms with Crippen LogP contribution < -0.4 is 5.32 Å². The van der Waals surface area contributed by atoms with Gasteiger partial charge in [-0.05, 0) is 19.4 Å². The van der Waals surface area contributed by atoms with E-state index in [1.807, 2.05) is 38.1 Å². The van der Waals surface area contributed by atoms with Crippen LogP contribution >= 0.6 is 11.3 Å². The average molecular weight is 372 g/mol. The normalized spacial score (nSPS) is 10.7. The predicted octanol–water partition coefficient (Wildman–Crippen LogP) is 2.80. The Morgan fingerprint density at radius 3 is 2.85 bits per heavy atom. The lowest BCUT2D eigenvalue weighted by Gasteiger charge is -2.14. The number of rotatable bonds is 6. The van der Waals surface area contributed by atoms with E-state index in [2.05, 4.69) is 25.7 Å². The van der Waals surface area contributed by atoms with Crippen molar-refractivity contribution >= 4 is 17.4 Å². The highest BCUT2D eigenvalue weighted by atomic mass is 32.1. The van der Waals surface area contributed by atoms with Gasteiger partial charge in [0.2, 0.25) is 11.7 Å². The summed E-state index contributed by atoms with van der Waals surface area (Å²) in [5, 5.41) is 16.6. The van der Waals surface area contributed by atoms with Crippen molar-refractivity contribution in [3.8, 4) is 11.4 Å². The molecule has 8 nitrogen and oxygen atoms in total. The summed E-state index contributed by atoms with van der Waals surface area (Å²) in [7, 11) is 1.67. The van der Waals surface area contributed by atoms with E-state index in [1.165, 1.54) is 16.2 Å². The van der Waals surface area contributed by atoms with Crippen LogP contribution in [0.3, 0.4) is 0 Å². The molecule has 3 aromatic rings. The van der Waals surface area contributed by atoms with Crippen molar-refractivity contribution < 1.29 is 9.32 Å². The summed E-state index contributed by atoms with van der Waals surface area (Å²) >= 11 is 1.50. The molecule has 0 radical (unpaired) electrons. The molecule has 0 spiro atoms. The van der Waals surface area contributed by atoms with Crippen molar-refractivity contribution in [1.29, 1.82) is 0 Å². The van der Waals surface area contributed by atoms with Crippen LogP contribution in [0.25, 0.3) is 11.4 Å². The van der Waals surface area contributed by atoms with E-state index in [9.17, 15) is 4.79 Å². The summed E-state index contributed by atoms with van der Waals surface area (Å²) in [6.45, 7) is 4.59. The van der Waals surface area contributed by atoms with E-state index >= 15 is 0 Å². The predicted molar refractivity (Wildman–Crippen MR) is 97.5 cm³/mol. The Labute approximate surface area is 155 Å². The molecule has 3 rings (SSSR count). The van der Waals surface area contributed by atoms with Crippen molar-refractivity contribution in [1.82, 2.24) is 30.6 Å². The van der Waals surface area contributed by atoms with Crippen LogP contribution in [0.1, 0.15) is 28.4 Å². The zero-order valence-corrected chi connectivity index (χ0v) is 15.7. The molecule has 0 bridgehead atoms. The van der Waals surface area contributed by atoms with Gasteiger partial charge in [-0.15, -0.1) is 10.2 Å². The highest BCUT2D eigenvalue weighted by Gasteiger charge is 2.15. The quantitative estimate of drug-likeness (QED) is 0.715. The Kier molecular flexibility index (Phi) is 5.57. The molecule has 0 aliphatic carbocycles. The molecule has 0 fully saturated rings. The van der Waals surface area contributed by atoms with E-state index in [4.69, 9.17) is 4.52 Å². The number of benzene rings is 1. The number of carbonyl (C=O) groups excluding carboxylic acids is 1. The molecule has 26 heavy (non-hydrogen) atoms. The molecular weight excluding hydrogens is 352 g/mol. The SMILES string of the molecule is CCc1nnc(CNC(=O)N(C)Cc2nc(-c3cccc(C)c3)no2)s1. The van der Waals surface area contributed by atoms with Gasteiger partial charge in [0.1, 0.15) is 16.6 Å². The first-order chi connectivity index (χ1) is 12.5. The number of hydrogen-bond donors (Lipinski definition) is 1. The molecule has 0 aliphatic heterocycles. The van der Waals surface area contributed by atoms with Gasteiger partial charge in [0.25, 0.3) is 0 Å². The van der Waals surface area contributed by atoms with Crippen LogP contribution in [-0.4, -0.2) is 38.3 Å². The number of nitrogens with one attached hydrogen (secondary N) is 1. The van der Waals surface area contributed by atoms with Gasteiger partial charge in [-0.2, -0.15) is 4.98 Å². The topological polar surface area (TPSA) is 97.0 Å².